The fourth-order valence-corrected chi connectivity index (χ4v) is 2.02. The number of aliphatic hydroxyl groups is 1. The summed E-state index contributed by atoms with van der Waals surface area (Å²) in [6.45, 7) is 3.92. The zero-order chi connectivity index (χ0) is 15.3. The Kier molecular flexibility index (Phi) is 4.75. The third-order valence-corrected chi connectivity index (χ3v) is 3.56. The van der Waals surface area contributed by atoms with Crippen LogP contribution < -0.4 is 5.32 Å². The molecule has 0 spiro atoms. The van der Waals surface area contributed by atoms with Crippen molar-refractivity contribution in [3.05, 3.63) is 36.2 Å². The molecule has 2 rings (SSSR count). The Balaban J connectivity index is 2.04. The van der Waals surface area contributed by atoms with Gasteiger partial charge in [0.25, 0.3) is 0 Å². The van der Waals surface area contributed by atoms with E-state index in [9.17, 15) is 4.79 Å². The first kappa shape index (κ1) is 15.3. The van der Waals surface area contributed by atoms with Gasteiger partial charge in [-0.2, -0.15) is 0 Å². The van der Waals surface area contributed by atoms with Crippen molar-refractivity contribution in [2.24, 2.45) is 0 Å². The molecule has 112 valence electrons. The highest BCUT2D eigenvalue weighted by molar-refractivity contribution is 5.92. The minimum absolute atomic E-state index is 0.0411. The van der Waals surface area contributed by atoms with Gasteiger partial charge in [-0.05, 0) is 31.9 Å². The fourth-order valence-electron chi connectivity index (χ4n) is 2.02. The molecule has 5 heteroatoms. The number of carbonyl (C=O) groups is 1. The van der Waals surface area contributed by atoms with E-state index in [0.29, 0.717) is 17.9 Å². The fraction of sp³-hybridized carbons (Fsp3) is 0.375. The molecule has 2 aromatic rings. The highest BCUT2D eigenvalue weighted by Gasteiger charge is 2.22. The number of carbonyl (C=O) groups excluding carboxylic acids is 1. The monoisotopic (exact) mass is 288 g/mol. The number of aromatic nitrogens is 1. The summed E-state index contributed by atoms with van der Waals surface area (Å²) in [4.78, 5) is 16.2. The lowest BCUT2D eigenvalue weighted by atomic mass is 9.95. The number of nitrogens with zero attached hydrogens (tertiary/aromatic N) is 1. The van der Waals surface area contributed by atoms with Crippen LogP contribution in [0, 0.1) is 0 Å². The molecule has 1 amide bonds. The van der Waals surface area contributed by atoms with Crippen LogP contribution in [-0.4, -0.2) is 28.1 Å². The Bertz CT molecular complexity index is 615. The molecule has 0 aliphatic rings. The molecule has 0 aliphatic carbocycles. The Labute approximate surface area is 123 Å². The van der Waals surface area contributed by atoms with Crippen LogP contribution in [0.25, 0.3) is 17.2 Å². The second-order valence-electron chi connectivity index (χ2n) is 5.23. The Hall–Kier alpha value is -2.14. The van der Waals surface area contributed by atoms with Crippen LogP contribution in [0.1, 0.15) is 32.6 Å². The van der Waals surface area contributed by atoms with Gasteiger partial charge in [-0.25, -0.2) is 4.98 Å². The number of amides is 1. The Morgan fingerprint density at radius 3 is 2.90 bits per heavy atom. The summed E-state index contributed by atoms with van der Waals surface area (Å²) in [5.74, 6) is 0.168. The number of hydrogen-bond acceptors (Lipinski definition) is 4. The van der Waals surface area contributed by atoms with Crippen molar-refractivity contribution in [2.45, 2.75) is 32.2 Å². The molecule has 2 N–H and O–H groups in total. The summed E-state index contributed by atoms with van der Waals surface area (Å²) in [6, 6.07) is 7.43. The topological polar surface area (TPSA) is 75.4 Å². The number of hydrogen-bond donors (Lipinski definition) is 2. The minimum Gasteiger partial charge on any atom is -0.437 e. The van der Waals surface area contributed by atoms with Crippen molar-refractivity contribution < 1.29 is 14.3 Å². The summed E-state index contributed by atoms with van der Waals surface area (Å²) in [5.41, 5.74) is 1.05. The van der Waals surface area contributed by atoms with Crippen LogP contribution >= 0.6 is 0 Å². The van der Waals surface area contributed by atoms with Gasteiger partial charge in [0, 0.05) is 24.3 Å². The van der Waals surface area contributed by atoms with E-state index in [1.165, 1.54) is 6.08 Å². The molecule has 0 fully saturated rings. The molecule has 21 heavy (non-hydrogen) atoms. The number of benzene rings is 1. The molecule has 1 aromatic heterocycles. The van der Waals surface area contributed by atoms with E-state index in [4.69, 9.17) is 9.52 Å². The maximum Gasteiger partial charge on any atom is 0.244 e. The average molecular weight is 288 g/mol. The molecule has 0 bridgehead atoms. The van der Waals surface area contributed by atoms with Gasteiger partial charge in [0.05, 0.1) is 0 Å². The van der Waals surface area contributed by atoms with Crippen LogP contribution in [0.15, 0.2) is 34.8 Å². The normalized spacial score (nSPS) is 14.4. The summed E-state index contributed by atoms with van der Waals surface area (Å²) >= 11 is 0. The van der Waals surface area contributed by atoms with Crippen molar-refractivity contribution in [1.29, 1.82) is 0 Å². The van der Waals surface area contributed by atoms with Gasteiger partial charge in [-0.3, -0.25) is 4.79 Å². The molecule has 0 aliphatic heterocycles. The van der Waals surface area contributed by atoms with Crippen LogP contribution in [0.2, 0.25) is 0 Å². The molecule has 1 aromatic carbocycles. The molecule has 0 saturated carbocycles. The first-order chi connectivity index (χ1) is 10.1. The molecule has 1 heterocycles. The molecule has 5 nitrogen and oxygen atoms in total. The smallest absolute Gasteiger partial charge is 0.244 e. The summed E-state index contributed by atoms with van der Waals surface area (Å²) in [5, 5.41) is 11.9. The van der Waals surface area contributed by atoms with Crippen molar-refractivity contribution in [1.82, 2.24) is 10.3 Å². The third kappa shape index (κ3) is 3.92. The van der Waals surface area contributed by atoms with Gasteiger partial charge in [-0.15, -0.1) is 0 Å². The van der Waals surface area contributed by atoms with Crippen molar-refractivity contribution >= 4 is 23.1 Å². The molecule has 1 unspecified atom stereocenters. The first-order valence-corrected chi connectivity index (χ1v) is 7.03. The van der Waals surface area contributed by atoms with Gasteiger partial charge in [0.1, 0.15) is 5.52 Å². The van der Waals surface area contributed by atoms with Crippen LogP contribution in [0.3, 0.4) is 0 Å². The summed E-state index contributed by atoms with van der Waals surface area (Å²) in [6.07, 6.45) is 4.21. The second kappa shape index (κ2) is 6.54. The largest absolute Gasteiger partial charge is 0.437 e. The zero-order valence-corrected chi connectivity index (χ0v) is 12.3. The predicted molar refractivity (Wildman–Crippen MR) is 81.6 cm³/mol. The summed E-state index contributed by atoms with van der Waals surface area (Å²) in [7, 11) is 0. The van der Waals surface area contributed by atoms with E-state index >= 15 is 0 Å². The summed E-state index contributed by atoms with van der Waals surface area (Å²) < 4.78 is 5.50. The van der Waals surface area contributed by atoms with Crippen molar-refractivity contribution in [3.63, 3.8) is 0 Å². The third-order valence-electron chi connectivity index (χ3n) is 3.56. The van der Waals surface area contributed by atoms with Gasteiger partial charge in [0.15, 0.2) is 5.58 Å². The van der Waals surface area contributed by atoms with Gasteiger partial charge >= 0.3 is 0 Å². The maximum absolute atomic E-state index is 11.9. The van der Waals surface area contributed by atoms with E-state index in [1.807, 2.05) is 38.1 Å². The SMILES string of the molecule is CCC(C)(CCO)NC(=O)/C=C/c1nc2ccccc2o1. The number of oxazole rings is 1. The average Bonchev–Trinajstić information content (AvgIpc) is 2.88. The van der Waals surface area contributed by atoms with E-state index in [1.54, 1.807) is 6.08 Å². The molecular formula is C16H20N2O3. The van der Waals surface area contributed by atoms with E-state index in [0.717, 1.165) is 11.9 Å². The number of rotatable bonds is 6. The lowest BCUT2D eigenvalue weighted by Crippen LogP contribution is -2.45. The van der Waals surface area contributed by atoms with Crippen LogP contribution in [0.5, 0.6) is 0 Å². The van der Waals surface area contributed by atoms with Crippen molar-refractivity contribution in [3.8, 4) is 0 Å². The highest BCUT2D eigenvalue weighted by Crippen LogP contribution is 2.16. The van der Waals surface area contributed by atoms with Crippen LogP contribution in [0.4, 0.5) is 0 Å². The number of nitrogens with one attached hydrogen (secondary N) is 1. The first-order valence-electron chi connectivity index (χ1n) is 7.03. The quantitative estimate of drug-likeness (QED) is 0.801. The predicted octanol–water partition coefficient (Wildman–Crippen LogP) is 2.51. The molecule has 0 saturated heterocycles. The zero-order valence-electron chi connectivity index (χ0n) is 12.3. The standard InChI is InChI=1S/C16H20N2O3/c1-3-16(2,10-11-19)18-14(20)8-9-15-17-12-6-4-5-7-13(12)21-15/h4-9,19H,3,10-11H2,1-2H3,(H,18,20)/b9-8+. The maximum atomic E-state index is 11.9. The highest BCUT2D eigenvalue weighted by atomic mass is 16.3. The Morgan fingerprint density at radius 2 is 2.24 bits per heavy atom. The molecular weight excluding hydrogens is 268 g/mol. The van der Waals surface area contributed by atoms with Crippen molar-refractivity contribution in [2.75, 3.05) is 6.61 Å². The van der Waals surface area contributed by atoms with Gasteiger partial charge in [-0.1, -0.05) is 19.1 Å². The van der Waals surface area contributed by atoms with E-state index < -0.39 is 5.54 Å². The van der Waals surface area contributed by atoms with E-state index in [-0.39, 0.29) is 12.5 Å². The van der Waals surface area contributed by atoms with Gasteiger partial charge < -0.3 is 14.8 Å². The van der Waals surface area contributed by atoms with Gasteiger partial charge in [0.2, 0.25) is 11.8 Å². The number of aliphatic hydroxyl groups excluding tert-OH is 1. The van der Waals surface area contributed by atoms with Crippen LogP contribution in [-0.2, 0) is 4.79 Å². The Morgan fingerprint density at radius 1 is 1.48 bits per heavy atom. The second-order valence-corrected chi connectivity index (χ2v) is 5.23. The lowest BCUT2D eigenvalue weighted by molar-refractivity contribution is -0.118. The molecule has 0 radical (unpaired) electrons. The number of para-hydroxylation sites is 2. The number of fused-ring (bicyclic) bond motifs is 1. The molecule has 1 atom stereocenters. The minimum atomic E-state index is -0.405. The lowest BCUT2D eigenvalue weighted by Gasteiger charge is -2.28. The van der Waals surface area contributed by atoms with E-state index in [2.05, 4.69) is 10.3 Å².